The molecule has 9 heteroatoms. The van der Waals surface area contributed by atoms with E-state index in [9.17, 15) is 5.11 Å². The Morgan fingerprint density at radius 3 is 2.50 bits per heavy atom. The molecule has 0 saturated heterocycles. The zero-order valence-electron chi connectivity index (χ0n) is 15.4. The second-order valence-corrected chi connectivity index (χ2v) is 7.60. The van der Waals surface area contributed by atoms with Crippen LogP contribution in [0.5, 0.6) is 11.6 Å². The average Bonchev–Trinajstić information content (AvgIpc) is 3.14. The quantitative estimate of drug-likeness (QED) is 0.557. The van der Waals surface area contributed by atoms with Gasteiger partial charge in [-0.1, -0.05) is 29.3 Å². The Labute approximate surface area is 172 Å². The fraction of sp³-hybridized carbons (Fsp3) is 0.316. The molecule has 0 saturated carbocycles. The van der Waals surface area contributed by atoms with Gasteiger partial charge < -0.3 is 14.6 Å². The molecule has 0 spiro atoms. The first kappa shape index (κ1) is 20.4. The summed E-state index contributed by atoms with van der Waals surface area (Å²) in [5, 5.41) is 16.5. The molecule has 0 fully saturated rings. The van der Waals surface area contributed by atoms with Gasteiger partial charge in [0.1, 0.15) is 35.8 Å². The number of rotatable bonds is 8. The molecule has 148 valence electrons. The highest BCUT2D eigenvalue weighted by molar-refractivity contribution is 6.30. The topological polar surface area (TPSA) is 82.3 Å². The van der Waals surface area contributed by atoms with Crippen LogP contribution in [-0.4, -0.2) is 42.7 Å². The van der Waals surface area contributed by atoms with Crippen LogP contribution in [0.25, 0.3) is 0 Å². The van der Waals surface area contributed by atoms with Crippen LogP contribution < -0.4 is 9.47 Å². The number of hydrogen-bond donors (Lipinski definition) is 1. The number of ether oxygens (including phenoxy) is 2. The summed E-state index contributed by atoms with van der Waals surface area (Å²) in [6.45, 7) is 3.52. The molecule has 1 aromatic carbocycles. The number of halogens is 2. The Bertz CT molecular complexity index is 904. The highest BCUT2D eigenvalue weighted by Gasteiger charge is 2.47. The van der Waals surface area contributed by atoms with E-state index >= 15 is 0 Å². The molecule has 1 unspecified atom stereocenters. The molecule has 2 heterocycles. The second kappa shape index (κ2) is 8.34. The van der Waals surface area contributed by atoms with Gasteiger partial charge in [-0.05, 0) is 44.2 Å². The van der Waals surface area contributed by atoms with E-state index in [0.717, 1.165) is 0 Å². The van der Waals surface area contributed by atoms with Crippen molar-refractivity contribution >= 4 is 23.2 Å². The fourth-order valence-corrected chi connectivity index (χ4v) is 2.83. The fourth-order valence-electron chi connectivity index (χ4n) is 2.55. The van der Waals surface area contributed by atoms with Crippen molar-refractivity contribution in [2.45, 2.75) is 31.6 Å². The largest absolute Gasteiger partial charge is 0.485 e. The van der Waals surface area contributed by atoms with E-state index in [0.29, 0.717) is 21.8 Å². The minimum atomic E-state index is -1.48. The molecule has 0 amide bonds. The van der Waals surface area contributed by atoms with Crippen LogP contribution in [0, 0.1) is 0 Å². The number of nitrogens with zero attached hydrogens (tertiary/aromatic N) is 4. The van der Waals surface area contributed by atoms with E-state index in [1.54, 1.807) is 56.3 Å². The standard InChI is InChI=1S/C19H20Cl2N4O3/c1-18(2,28-15-8-6-14(20)7-9-15)19(26,10-25-13-22-12-23-25)11-27-17-5-3-4-16(21)24-17/h3-9,12-13,26H,10-11H2,1-2H3. The monoisotopic (exact) mass is 422 g/mol. The molecule has 0 aliphatic heterocycles. The van der Waals surface area contributed by atoms with Gasteiger partial charge in [0.25, 0.3) is 0 Å². The summed E-state index contributed by atoms with van der Waals surface area (Å²) in [5.74, 6) is 0.860. The second-order valence-electron chi connectivity index (χ2n) is 6.78. The van der Waals surface area contributed by atoms with Crippen LogP contribution in [0.15, 0.2) is 55.1 Å². The molecular formula is C19H20Cl2N4O3. The maximum atomic E-state index is 11.5. The summed E-state index contributed by atoms with van der Waals surface area (Å²) in [6, 6.07) is 11.9. The zero-order chi connectivity index (χ0) is 20.2. The lowest BCUT2D eigenvalue weighted by Crippen LogP contribution is -2.60. The first-order valence-corrected chi connectivity index (χ1v) is 9.28. The molecular weight excluding hydrogens is 403 g/mol. The summed E-state index contributed by atoms with van der Waals surface area (Å²) in [6.07, 6.45) is 2.91. The van der Waals surface area contributed by atoms with Gasteiger partial charge in [-0.25, -0.2) is 14.6 Å². The molecule has 3 rings (SSSR count). The molecule has 3 aromatic rings. The average molecular weight is 423 g/mol. The predicted octanol–water partition coefficient (Wildman–Crippen LogP) is 3.65. The third-order valence-corrected chi connectivity index (χ3v) is 4.81. The normalized spacial score (nSPS) is 13.8. The number of aromatic nitrogens is 4. The van der Waals surface area contributed by atoms with Crippen LogP contribution in [0.4, 0.5) is 0 Å². The van der Waals surface area contributed by atoms with Gasteiger partial charge >= 0.3 is 0 Å². The maximum absolute atomic E-state index is 11.5. The number of pyridine rings is 1. The first-order valence-electron chi connectivity index (χ1n) is 8.52. The van der Waals surface area contributed by atoms with Crippen molar-refractivity contribution in [1.82, 2.24) is 19.7 Å². The van der Waals surface area contributed by atoms with Crippen LogP contribution in [0.1, 0.15) is 13.8 Å². The summed E-state index contributed by atoms with van der Waals surface area (Å²) in [4.78, 5) is 8.02. The summed E-state index contributed by atoms with van der Waals surface area (Å²) in [5.41, 5.74) is -2.55. The molecule has 0 aliphatic carbocycles. The Hall–Kier alpha value is -2.35. The Kier molecular flexibility index (Phi) is 6.07. The molecule has 1 N–H and O–H groups in total. The van der Waals surface area contributed by atoms with Crippen molar-refractivity contribution in [3.8, 4) is 11.6 Å². The Balaban J connectivity index is 1.84. The Morgan fingerprint density at radius 2 is 1.86 bits per heavy atom. The molecule has 7 nitrogen and oxygen atoms in total. The highest BCUT2D eigenvalue weighted by Crippen LogP contribution is 2.31. The molecule has 0 bridgehead atoms. The lowest BCUT2D eigenvalue weighted by Gasteiger charge is -2.41. The molecule has 1 atom stereocenters. The lowest BCUT2D eigenvalue weighted by atomic mass is 9.86. The Morgan fingerprint density at radius 1 is 1.11 bits per heavy atom. The van der Waals surface area contributed by atoms with Gasteiger partial charge in [-0.15, -0.1) is 0 Å². The van der Waals surface area contributed by atoms with Gasteiger partial charge in [0.05, 0.1) is 6.54 Å². The van der Waals surface area contributed by atoms with Crippen LogP contribution in [0.3, 0.4) is 0 Å². The molecule has 0 radical (unpaired) electrons. The van der Waals surface area contributed by atoms with Crippen molar-refractivity contribution < 1.29 is 14.6 Å². The molecule has 0 aliphatic rings. The summed E-state index contributed by atoms with van der Waals surface area (Å²) in [7, 11) is 0. The number of hydrogen-bond acceptors (Lipinski definition) is 6. The van der Waals surface area contributed by atoms with E-state index in [1.165, 1.54) is 17.3 Å². The number of aliphatic hydroxyl groups is 1. The van der Waals surface area contributed by atoms with Crippen molar-refractivity contribution in [2.75, 3.05) is 6.61 Å². The first-order chi connectivity index (χ1) is 13.3. The van der Waals surface area contributed by atoms with Crippen molar-refractivity contribution in [1.29, 1.82) is 0 Å². The SMILES string of the molecule is CC(C)(Oc1ccc(Cl)cc1)C(O)(COc1cccc(Cl)n1)Cn1cncn1. The lowest BCUT2D eigenvalue weighted by molar-refractivity contribution is -0.146. The van der Waals surface area contributed by atoms with E-state index in [4.69, 9.17) is 32.7 Å². The van der Waals surface area contributed by atoms with E-state index in [-0.39, 0.29) is 13.2 Å². The third-order valence-electron chi connectivity index (χ3n) is 4.35. The van der Waals surface area contributed by atoms with Crippen LogP contribution >= 0.6 is 23.2 Å². The molecule has 2 aromatic heterocycles. The van der Waals surface area contributed by atoms with Crippen molar-refractivity contribution in [3.05, 3.63) is 65.3 Å². The van der Waals surface area contributed by atoms with Gasteiger partial charge in [0.2, 0.25) is 5.88 Å². The van der Waals surface area contributed by atoms with Crippen LogP contribution in [-0.2, 0) is 6.54 Å². The van der Waals surface area contributed by atoms with E-state index in [1.807, 2.05) is 0 Å². The van der Waals surface area contributed by atoms with Gasteiger partial charge in [0, 0.05) is 11.1 Å². The maximum Gasteiger partial charge on any atom is 0.214 e. The van der Waals surface area contributed by atoms with E-state index < -0.39 is 11.2 Å². The summed E-state index contributed by atoms with van der Waals surface area (Å²) < 4.78 is 13.3. The van der Waals surface area contributed by atoms with Crippen LogP contribution in [0.2, 0.25) is 10.2 Å². The number of benzene rings is 1. The van der Waals surface area contributed by atoms with Gasteiger partial charge in [0.15, 0.2) is 5.60 Å². The smallest absolute Gasteiger partial charge is 0.214 e. The van der Waals surface area contributed by atoms with E-state index in [2.05, 4.69) is 15.1 Å². The van der Waals surface area contributed by atoms with Crippen molar-refractivity contribution in [3.63, 3.8) is 0 Å². The van der Waals surface area contributed by atoms with Gasteiger partial charge in [-0.2, -0.15) is 5.10 Å². The minimum Gasteiger partial charge on any atom is -0.485 e. The third kappa shape index (κ3) is 4.92. The van der Waals surface area contributed by atoms with Crippen molar-refractivity contribution in [2.24, 2.45) is 0 Å². The molecule has 28 heavy (non-hydrogen) atoms. The predicted molar refractivity (Wildman–Crippen MR) is 106 cm³/mol. The summed E-state index contributed by atoms with van der Waals surface area (Å²) >= 11 is 11.8. The highest BCUT2D eigenvalue weighted by atomic mass is 35.5. The van der Waals surface area contributed by atoms with Gasteiger partial charge in [-0.3, -0.25) is 0 Å². The zero-order valence-corrected chi connectivity index (χ0v) is 16.9. The minimum absolute atomic E-state index is 0.0914.